The van der Waals surface area contributed by atoms with Crippen LogP contribution < -0.4 is 16.4 Å². The highest BCUT2D eigenvalue weighted by Gasteiger charge is 2.58. The fraction of sp³-hybridized carbons (Fsp3) is 0.739. The number of aliphatic hydroxyl groups excluding tert-OH is 1. The largest absolute Gasteiger partial charge is 0.393 e. The Bertz CT molecular complexity index is 1390. The third-order valence-electron chi connectivity index (χ3n) is 7.80. The van der Waals surface area contributed by atoms with Gasteiger partial charge < -0.3 is 43.9 Å². The average molecular weight is 648 g/mol. The summed E-state index contributed by atoms with van der Waals surface area (Å²) < 4.78 is 43.9. The maximum Gasteiger partial charge on any atom is 0.361 e. The Kier molecular flexibility index (Phi) is 8.55. The predicted molar refractivity (Wildman–Crippen MR) is 149 cm³/mol. The van der Waals surface area contributed by atoms with Crippen molar-refractivity contribution in [3.05, 3.63) is 11.5 Å². The van der Waals surface area contributed by atoms with Crippen molar-refractivity contribution in [1.82, 2.24) is 35.8 Å². The molecule has 2 saturated heterocycles. The molecule has 18 nitrogen and oxygen atoms in total. The van der Waals surface area contributed by atoms with E-state index < -0.39 is 56.5 Å². The van der Waals surface area contributed by atoms with E-state index in [9.17, 15) is 19.5 Å². The van der Waals surface area contributed by atoms with Gasteiger partial charge in [-0.05, 0) is 38.3 Å². The van der Waals surface area contributed by atoms with Gasteiger partial charge >= 0.3 is 7.60 Å². The second-order valence-corrected chi connectivity index (χ2v) is 13.5. The smallest absolute Gasteiger partial charge is 0.361 e. The molecule has 6 N–H and O–H groups in total. The first-order valence-electron chi connectivity index (χ1n) is 13.9. The number of ether oxygens (including phenoxy) is 5. The number of nitrogens with zero attached hydrogens (tertiary/aromatic N) is 6. The Balaban J connectivity index is 1.23. The van der Waals surface area contributed by atoms with Gasteiger partial charge in [-0.25, -0.2) is 10.2 Å². The quantitative estimate of drug-likeness (QED) is 0.135. The molecule has 0 spiro atoms. The number of hydrogen-bond donors (Lipinski definition) is 6. The lowest BCUT2D eigenvalue weighted by atomic mass is 10.1. The SMILES string of the molecule is CC1(C)O[C@@H]2[C@H](O1)[C@@H](CO[C@](CO)(COCN1C=NNN1)P(=O)(O)O)O[C@H]2n1ncc2c(NC3CCCC3)nc(Cl)nc21. The molecule has 5 atom stereocenters. The first-order valence-corrected chi connectivity index (χ1v) is 15.8. The van der Waals surface area contributed by atoms with Gasteiger partial charge in [0.25, 0.3) is 0 Å². The molecule has 1 aliphatic carbocycles. The monoisotopic (exact) mass is 647 g/mol. The Morgan fingerprint density at radius 3 is 2.72 bits per heavy atom. The molecule has 0 unspecified atom stereocenters. The van der Waals surface area contributed by atoms with Crippen LogP contribution >= 0.6 is 19.2 Å². The van der Waals surface area contributed by atoms with Crippen molar-refractivity contribution in [2.45, 2.75) is 81.2 Å². The molecule has 0 bridgehead atoms. The normalized spacial score (nSPS) is 28.5. The summed E-state index contributed by atoms with van der Waals surface area (Å²) in [4.78, 5) is 29.2. The number of fused-ring (bicyclic) bond motifs is 2. The molecule has 0 aromatic carbocycles. The zero-order valence-electron chi connectivity index (χ0n) is 23.5. The lowest BCUT2D eigenvalue weighted by Crippen LogP contribution is -2.46. The first-order chi connectivity index (χ1) is 20.5. The number of aromatic nitrogens is 4. The van der Waals surface area contributed by atoms with E-state index in [1.165, 1.54) is 16.0 Å². The molecule has 3 aliphatic heterocycles. The van der Waals surface area contributed by atoms with Crippen molar-refractivity contribution in [3.63, 3.8) is 0 Å². The van der Waals surface area contributed by atoms with Gasteiger partial charge in [0, 0.05) is 6.04 Å². The fourth-order valence-corrected chi connectivity index (χ4v) is 6.52. The number of hydrazone groups is 1. The Hall–Kier alpha value is -2.22. The second kappa shape index (κ2) is 11.9. The van der Waals surface area contributed by atoms with Crippen LogP contribution in [0.4, 0.5) is 5.82 Å². The number of anilines is 1. The van der Waals surface area contributed by atoms with Gasteiger partial charge in [0.2, 0.25) is 10.6 Å². The molecule has 238 valence electrons. The van der Waals surface area contributed by atoms with E-state index in [0.717, 1.165) is 25.7 Å². The molecular formula is C23H35ClN9O9P. The van der Waals surface area contributed by atoms with E-state index in [2.05, 4.69) is 36.6 Å². The Labute approximate surface area is 251 Å². The van der Waals surface area contributed by atoms with Gasteiger partial charge in [0.1, 0.15) is 37.2 Å². The first kappa shape index (κ1) is 30.8. The van der Waals surface area contributed by atoms with E-state index >= 15 is 0 Å². The Morgan fingerprint density at radius 2 is 2.02 bits per heavy atom. The van der Waals surface area contributed by atoms with Crippen LogP contribution in [0.1, 0.15) is 45.8 Å². The standard InChI is InChI=1S/C23H35ClN9O9P/c1-22(2)41-16-15(8-39-23(9-34,43(35,36)37)10-38-12-32-11-25-30-31-32)40-20(17(16)42-22)33-19-14(7-26-33)18(28-21(24)29-19)27-13-5-3-4-6-13/h7,11,13,15-17,20,30-31,34H,3-6,8-10,12H2,1-2H3,(H,27,28,29)(H2,35,36,37)/t15-,16-,17-,20-,23+/m1/s1. The summed E-state index contributed by atoms with van der Waals surface area (Å²) in [6.07, 6.45) is 4.22. The molecule has 43 heavy (non-hydrogen) atoms. The Morgan fingerprint density at radius 1 is 1.26 bits per heavy atom. The number of hydrogen-bond acceptors (Lipinski definition) is 15. The van der Waals surface area contributed by atoms with E-state index in [1.54, 1.807) is 20.0 Å². The minimum absolute atomic E-state index is 0.0358. The van der Waals surface area contributed by atoms with E-state index in [4.69, 9.17) is 35.3 Å². The van der Waals surface area contributed by atoms with Crippen LogP contribution in [0.15, 0.2) is 11.3 Å². The third kappa shape index (κ3) is 6.19. The lowest BCUT2D eigenvalue weighted by Gasteiger charge is -2.34. The molecular weight excluding hydrogens is 613 g/mol. The summed E-state index contributed by atoms with van der Waals surface area (Å²) in [5, 5.41) is 21.5. The molecule has 3 fully saturated rings. The maximum atomic E-state index is 12.6. The summed E-state index contributed by atoms with van der Waals surface area (Å²) in [5.41, 5.74) is 5.51. The van der Waals surface area contributed by atoms with Gasteiger partial charge in [0.05, 0.1) is 31.4 Å². The molecule has 5 heterocycles. The number of aliphatic hydroxyl groups is 1. The lowest BCUT2D eigenvalue weighted by molar-refractivity contribution is -0.209. The van der Waals surface area contributed by atoms with Crippen molar-refractivity contribution in [1.29, 1.82) is 0 Å². The van der Waals surface area contributed by atoms with Crippen molar-refractivity contribution in [2.24, 2.45) is 5.10 Å². The van der Waals surface area contributed by atoms with Crippen LogP contribution in [0, 0.1) is 0 Å². The predicted octanol–water partition coefficient (Wildman–Crippen LogP) is 0.377. The second-order valence-electron chi connectivity index (χ2n) is 11.3. The van der Waals surface area contributed by atoms with Crippen molar-refractivity contribution >= 4 is 42.4 Å². The summed E-state index contributed by atoms with van der Waals surface area (Å²) in [6, 6.07) is 0.278. The van der Waals surface area contributed by atoms with Gasteiger partial charge in [-0.3, -0.25) is 9.57 Å². The third-order valence-corrected chi connectivity index (χ3v) is 9.43. The molecule has 6 rings (SSSR count). The van der Waals surface area contributed by atoms with E-state index in [0.29, 0.717) is 16.9 Å². The van der Waals surface area contributed by atoms with Gasteiger partial charge in [-0.2, -0.15) is 20.2 Å². The topological polar surface area (TPSA) is 219 Å². The van der Waals surface area contributed by atoms with E-state index in [1.807, 2.05) is 0 Å². The minimum atomic E-state index is -5.07. The molecule has 1 saturated carbocycles. The molecule has 0 amide bonds. The van der Waals surface area contributed by atoms with Gasteiger partial charge in [-0.1, -0.05) is 12.8 Å². The summed E-state index contributed by atoms with van der Waals surface area (Å²) in [7, 11) is -5.07. The summed E-state index contributed by atoms with van der Waals surface area (Å²) in [6.45, 7) is 1.31. The number of rotatable bonds is 12. The number of halogens is 1. The van der Waals surface area contributed by atoms with E-state index in [-0.39, 0.29) is 24.7 Å². The molecule has 20 heteroatoms. The minimum Gasteiger partial charge on any atom is -0.393 e. The zero-order chi connectivity index (χ0) is 30.4. The number of nitrogens with one attached hydrogen (secondary N) is 3. The highest BCUT2D eigenvalue weighted by molar-refractivity contribution is 7.53. The van der Waals surface area contributed by atoms with Gasteiger partial charge in [-0.15, -0.1) is 5.53 Å². The fourth-order valence-electron chi connectivity index (χ4n) is 5.67. The van der Waals surface area contributed by atoms with Crippen molar-refractivity contribution in [2.75, 3.05) is 31.9 Å². The summed E-state index contributed by atoms with van der Waals surface area (Å²) in [5.74, 6) is -0.425. The summed E-state index contributed by atoms with van der Waals surface area (Å²) >= 11 is 6.32. The van der Waals surface area contributed by atoms with Crippen molar-refractivity contribution < 1.29 is 43.1 Å². The van der Waals surface area contributed by atoms with Crippen LogP contribution in [0.5, 0.6) is 0 Å². The van der Waals surface area contributed by atoms with Crippen molar-refractivity contribution in [3.8, 4) is 0 Å². The maximum absolute atomic E-state index is 12.6. The highest BCUT2D eigenvalue weighted by atomic mass is 35.5. The van der Waals surface area contributed by atoms with Crippen LogP contribution in [-0.2, 0) is 28.2 Å². The molecule has 2 aromatic rings. The van der Waals surface area contributed by atoms with Crippen LogP contribution in [0.3, 0.4) is 0 Å². The highest BCUT2D eigenvalue weighted by Crippen LogP contribution is 2.52. The van der Waals surface area contributed by atoms with Crippen LogP contribution in [-0.4, -0.2) is 108 Å². The van der Waals surface area contributed by atoms with Gasteiger partial charge in [0.15, 0.2) is 17.7 Å². The molecule has 2 aromatic heterocycles. The number of hydrazine groups is 2. The molecule has 0 radical (unpaired) electrons. The van der Waals surface area contributed by atoms with Crippen LogP contribution in [0.2, 0.25) is 5.28 Å². The average Bonchev–Trinajstić information content (AvgIpc) is 3.76. The van der Waals surface area contributed by atoms with Crippen LogP contribution in [0.25, 0.3) is 11.0 Å². The molecule has 4 aliphatic rings. The zero-order valence-corrected chi connectivity index (χ0v) is 25.1.